The molecule has 1 saturated carbocycles. The molecule has 3 N–H and O–H groups in total. The van der Waals surface area contributed by atoms with E-state index in [1.165, 1.54) is 0 Å². The van der Waals surface area contributed by atoms with Crippen molar-refractivity contribution >= 4 is 5.91 Å². The molecule has 0 aromatic rings. The number of rotatable bonds is 9. The van der Waals surface area contributed by atoms with Crippen molar-refractivity contribution in [1.82, 2.24) is 5.32 Å². The first-order valence-corrected chi connectivity index (χ1v) is 6.30. The molecule has 0 bridgehead atoms. The van der Waals surface area contributed by atoms with Crippen molar-refractivity contribution in [1.29, 1.82) is 0 Å². The fraction of sp³-hybridized carbons (Fsp3) is 0.917. The number of hydrogen-bond acceptors (Lipinski definition) is 4. The van der Waals surface area contributed by atoms with Crippen molar-refractivity contribution in [3.05, 3.63) is 0 Å². The van der Waals surface area contributed by atoms with E-state index in [9.17, 15) is 4.79 Å². The molecular formula is C12H24N2O3. The van der Waals surface area contributed by atoms with Crippen LogP contribution >= 0.6 is 0 Å². The fourth-order valence-corrected chi connectivity index (χ4v) is 1.94. The van der Waals surface area contributed by atoms with Crippen LogP contribution in [-0.4, -0.2) is 45.9 Å². The van der Waals surface area contributed by atoms with Crippen LogP contribution in [-0.2, 0) is 14.3 Å². The zero-order chi connectivity index (χ0) is 12.6. The largest absolute Gasteiger partial charge is 0.382 e. The maximum Gasteiger partial charge on any atom is 0.227 e. The van der Waals surface area contributed by atoms with Gasteiger partial charge in [-0.2, -0.15) is 0 Å². The van der Waals surface area contributed by atoms with E-state index < -0.39 is 0 Å². The predicted octanol–water partition coefficient (Wildman–Crippen LogP) is 0.285. The molecule has 0 radical (unpaired) electrons. The monoisotopic (exact) mass is 244 g/mol. The summed E-state index contributed by atoms with van der Waals surface area (Å²) in [6.45, 7) is 3.00. The lowest BCUT2D eigenvalue weighted by molar-refractivity contribution is -0.135. The molecule has 1 aliphatic rings. The van der Waals surface area contributed by atoms with Crippen LogP contribution in [0.5, 0.6) is 0 Å². The molecule has 17 heavy (non-hydrogen) atoms. The third-order valence-corrected chi connectivity index (χ3v) is 3.37. The van der Waals surface area contributed by atoms with E-state index in [0.29, 0.717) is 32.9 Å². The highest BCUT2D eigenvalue weighted by atomic mass is 16.5. The third-order valence-electron chi connectivity index (χ3n) is 3.37. The van der Waals surface area contributed by atoms with Gasteiger partial charge in [0, 0.05) is 26.8 Å². The van der Waals surface area contributed by atoms with Crippen LogP contribution in [0.3, 0.4) is 0 Å². The van der Waals surface area contributed by atoms with E-state index in [1.54, 1.807) is 7.11 Å². The van der Waals surface area contributed by atoms with Crippen LogP contribution < -0.4 is 11.1 Å². The molecule has 0 unspecified atom stereocenters. The Kier molecular flexibility index (Phi) is 6.47. The van der Waals surface area contributed by atoms with Crippen LogP contribution in [0.4, 0.5) is 0 Å². The highest BCUT2D eigenvalue weighted by Gasteiger charge is 2.42. The normalized spacial score (nSPS) is 17.5. The van der Waals surface area contributed by atoms with Crippen LogP contribution in [0.25, 0.3) is 0 Å². The maximum atomic E-state index is 11.9. The maximum absolute atomic E-state index is 11.9. The van der Waals surface area contributed by atoms with Gasteiger partial charge in [0.05, 0.1) is 18.6 Å². The first-order chi connectivity index (χ1) is 8.25. The minimum absolute atomic E-state index is 0.114. The average Bonchev–Trinajstić information content (AvgIpc) is 2.27. The van der Waals surface area contributed by atoms with Gasteiger partial charge in [-0.15, -0.1) is 0 Å². The summed E-state index contributed by atoms with van der Waals surface area (Å²) in [4.78, 5) is 11.9. The van der Waals surface area contributed by atoms with Crippen molar-refractivity contribution in [2.45, 2.75) is 25.7 Å². The Morgan fingerprint density at radius 2 is 2.12 bits per heavy atom. The fourth-order valence-electron chi connectivity index (χ4n) is 1.94. The van der Waals surface area contributed by atoms with Gasteiger partial charge in [-0.25, -0.2) is 0 Å². The molecule has 5 nitrogen and oxygen atoms in total. The first-order valence-electron chi connectivity index (χ1n) is 6.30. The van der Waals surface area contributed by atoms with Gasteiger partial charge in [-0.3, -0.25) is 4.79 Å². The van der Waals surface area contributed by atoms with Crippen LogP contribution in [0.2, 0.25) is 0 Å². The molecule has 1 rings (SSSR count). The zero-order valence-electron chi connectivity index (χ0n) is 10.7. The number of nitrogens with one attached hydrogen (secondary N) is 1. The van der Waals surface area contributed by atoms with E-state index in [-0.39, 0.29) is 11.3 Å². The average molecular weight is 244 g/mol. The molecule has 1 fully saturated rings. The third kappa shape index (κ3) is 4.26. The highest BCUT2D eigenvalue weighted by molar-refractivity contribution is 5.83. The number of methoxy groups -OCH3 is 1. The van der Waals surface area contributed by atoms with Gasteiger partial charge >= 0.3 is 0 Å². The number of nitrogens with two attached hydrogens (primary N) is 1. The van der Waals surface area contributed by atoms with Crippen molar-refractivity contribution in [3.63, 3.8) is 0 Å². The van der Waals surface area contributed by atoms with Crippen molar-refractivity contribution in [2.75, 3.05) is 40.0 Å². The molecule has 0 spiro atoms. The SMILES string of the molecule is COCCOCCCNC(=O)C1(CN)CCC1. The van der Waals surface area contributed by atoms with E-state index in [0.717, 1.165) is 25.7 Å². The number of amides is 1. The molecule has 1 aliphatic carbocycles. The summed E-state index contributed by atoms with van der Waals surface area (Å²) in [6, 6.07) is 0. The Labute approximate surface area is 103 Å². The molecule has 1 amide bonds. The summed E-state index contributed by atoms with van der Waals surface area (Å²) >= 11 is 0. The molecule has 0 atom stereocenters. The summed E-state index contributed by atoms with van der Waals surface area (Å²) in [6.07, 6.45) is 3.81. The predicted molar refractivity (Wildman–Crippen MR) is 65.7 cm³/mol. The molecular weight excluding hydrogens is 220 g/mol. The van der Waals surface area contributed by atoms with Crippen LogP contribution in [0.1, 0.15) is 25.7 Å². The van der Waals surface area contributed by atoms with Crippen molar-refractivity contribution in [2.24, 2.45) is 11.1 Å². The molecule has 0 saturated heterocycles. The van der Waals surface area contributed by atoms with Crippen LogP contribution in [0, 0.1) is 5.41 Å². The van der Waals surface area contributed by atoms with E-state index in [4.69, 9.17) is 15.2 Å². The number of carbonyl (C=O) groups excluding carboxylic acids is 1. The van der Waals surface area contributed by atoms with Crippen molar-refractivity contribution < 1.29 is 14.3 Å². The number of carbonyl (C=O) groups is 1. The molecule has 0 aromatic carbocycles. The zero-order valence-corrected chi connectivity index (χ0v) is 10.7. The lowest BCUT2D eigenvalue weighted by Crippen LogP contribution is -2.50. The Morgan fingerprint density at radius 3 is 2.65 bits per heavy atom. The number of hydrogen-bond donors (Lipinski definition) is 2. The minimum atomic E-state index is -0.267. The lowest BCUT2D eigenvalue weighted by Gasteiger charge is -2.39. The van der Waals surface area contributed by atoms with Gasteiger partial charge < -0.3 is 20.5 Å². The van der Waals surface area contributed by atoms with Gasteiger partial charge in [0.2, 0.25) is 5.91 Å². The van der Waals surface area contributed by atoms with Gasteiger partial charge in [-0.05, 0) is 19.3 Å². The summed E-state index contributed by atoms with van der Waals surface area (Å²) < 4.78 is 10.2. The van der Waals surface area contributed by atoms with Gasteiger partial charge in [0.25, 0.3) is 0 Å². The Morgan fingerprint density at radius 1 is 1.35 bits per heavy atom. The molecule has 0 aliphatic heterocycles. The van der Waals surface area contributed by atoms with Gasteiger partial charge in [0.15, 0.2) is 0 Å². The first kappa shape index (κ1) is 14.4. The highest BCUT2D eigenvalue weighted by Crippen LogP contribution is 2.39. The van der Waals surface area contributed by atoms with Crippen molar-refractivity contribution in [3.8, 4) is 0 Å². The second kappa shape index (κ2) is 7.63. The smallest absolute Gasteiger partial charge is 0.227 e. The quantitative estimate of drug-likeness (QED) is 0.572. The molecule has 5 heteroatoms. The minimum Gasteiger partial charge on any atom is -0.382 e. The summed E-state index contributed by atoms with van der Waals surface area (Å²) in [7, 11) is 1.65. The standard InChI is InChI=1S/C12H24N2O3/c1-16-8-9-17-7-3-6-14-11(15)12(10-13)4-2-5-12/h2-10,13H2,1H3,(H,14,15). The topological polar surface area (TPSA) is 73.6 Å². The molecule has 0 heterocycles. The van der Waals surface area contributed by atoms with Gasteiger partial charge in [0.1, 0.15) is 0 Å². The molecule has 100 valence electrons. The van der Waals surface area contributed by atoms with E-state index in [1.807, 2.05) is 0 Å². The summed E-state index contributed by atoms with van der Waals surface area (Å²) in [5.74, 6) is 0.114. The summed E-state index contributed by atoms with van der Waals surface area (Å²) in [5.41, 5.74) is 5.39. The van der Waals surface area contributed by atoms with E-state index in [2.05, 4.69) is 5.32 Å². The van der Waals surface area contributed by atoms with E-state index >= 15 is 0 Å². The molecule has 0 aromatic heterocycles. The summed E-state index contributed by atoms with van der Waals surface area (Å²) in [5, 5.41) is 2.94. The Balaban J connectivity index is 2.00. The lowest BCUT2D eigenvalue weighted by atomic mass is 9.68. The number of ether oxygens (including phenoxy) is 2. The van der Waals surface area contributed by atoms with Gasteiger partial charge in [-0.1, -0.05) is 6.42 Å². The second-order valence-electron chi connectivity index (χ2n) is 4.55. The second-order valence-corrected chi connectivity index (χ2v) is 4.55. The Hall–Kier alpha value is -0.650. The Bertz CT molecular complexity index is 224. The van der Waals surface area contributed by atoms with Crippen LogP contribution in [0.15, 0.2) is 0 Å².